The highest BCUT2D eigenvalue weighted by Gasteiger charge is 2.06. The molecular formula is C28H28N4O. The molecule has 4 N–H and O–H groups in total. The topological polar surface area (TPSA) is 77.4 Å². The SMILES string of the molecule is N/C(=C\N(N)Cc1ccc(CCOc2ccccc2-c2ccccc2)cc1)c1cccnc1. The van der Waals surface area contributed by atoms with Crippen molar-refractivity contribution in [3.8, 4) is 16.9 Å². The number of pyridine rings is 1. The van der Waals surface area contributed by atoms with Gasteiger partial charge in [-0.2, -0.15) is 0 Å². The Morgan fingerprint density at radius 2 is 1.58 bits per heavy atom. The molecule has 0 radical (unpaired) electrons. The molecule has 0 amide bonds. The zero-order valence-electron chi connectivity index (χ0n) is 18.5. The van der Waals surface area contributed by atoms with Crippen molar-refractivity contribution in [2.24, 2.45) is 11.6 Å². The van der Waals surface area contributed by atoms with Gasteiger partial charge in [0, 0.05) is 36.1 Å². The van der Waals surface area contributed by atoms with Crippen LogP contribution in [-0.2, 0) is 13.0 Å². The van der Waals surface area contributed by atoms with Gasteiger partial charge in [-0.1, -0.05) is 72.8 Å². The molecule has 0 aliphatic heterocycles. The number of hydrazine groups is 1. The van der Waals surface area contributed by atoms with Crippen LogP contribution in [-0.4, -0.2) is 16.6 Å². The number of hydrogen-bond donors (Lipinski definition) is 2. The molecule has 0 saturated heterocycles. The van der Waals surface area contributed by atoms with E-state index in [9.17, 15) is 0 Å². The molecule has 4 aromatic rings. The fraction of sp³-hybridized carbons (Fsp3) is 0.107. The van der Waals surface area contributed by atoms with E-state index in [4.69, 9.17) is 16.3 Å². The van der Waals surface area contributed by atoms with E-state index in [1.165, 1.54) is 5.56 Å². The summed E-state index contributed by atoms with van der Waals surface area (Å²) >= 11 is 0. The van der Waals surface area contributed by atoms with Gasteiger partial charge in [-0.3, -0.25) is 4.98 Å². The minimum atomic E-state index is 0.558. The van der Waals surface area contributed by atoms with Crippen LogP contribution in [0.3, 0.4) is 0 Å². The molecule has 166 valence electrons. The zero-order chi connectivity index (χ0) is 22.9. The molecule has 1 aromatic heterocycles. The lowest BCUT2D eigenvalue weighted by Crippen LogP contribution is -2.25. The summed E-state index contributed by atoms with van der Waals surface area (Å²) in [6.07, 6.45) is 5.98. The van der Waals surface area contributed by atoms with Gasteiger partial charge in [0.15, 0.2) is 0 Å². The highest BCUT2D eigenvalue weighted by Crippen LogP contribution is 2.29. The normalized spacial score (nSPS) is 11.2. The summed E-state index contributed by atoms with van der Waals surface area (Å²) in [6, 6.07) is 30.6. The Morgan fingerprint density at radius 1 is 0.848 bits per heavy atom. The molecule has 3 aromatic carbocycles. The number of para-hydroxylation sites is 1. The Morgan fingerprint density at radius 3 is 2.33 bits per heavy atom. The first-order valence-corrected chi connectivity index (χ1v) is 10.9. The van der Waals surface area contributed by atoms with Gasteiger partial charge in [0.2, 0.25) is 0 Å². The molecule has 33 heavy (non-hydrogen) atoms. The van der Waals surface area contributed by atoms with Crippen molar-refractivity contribution in [2.75, 3.05) is 6.61 Å². The van der Waals surface area contributed by atoms with E-state index in [-0.39, 0.29) is 0 Å². The molecule has 1 heterocycles. The van der Waals surface area contributed by atoms with Crippen LogP contribution < -0.4 is 16.3 Å². The van der Waals surface area contributed by atoms with Crippen molar-refractivity contribution in [1.82, 2.24) is 9.99 Å². The summed E-state index contributed by atoms with van der Waals surface area (Å²) in [5.41, 5.74) is 12.1. The van der Waals surface area contributed by atoms with E-state index in [1.54, 1.807) is 23.6 Å². The van der Waals surface area contributed by atoms with Crippen LogP contribution in [0, 0.1) is 0 Å². The summed E-state index contributed by atoms with van der Waals surface area (Å²) in [6.45, 7) is 1.17. The van der Waals surface area contributed by atoms with Crippen molar-refractivity contribution in [2.45, 2.75) is 13.0 Å². The highest BCUT2D eigenvalue weighted by molar-refractivity contribution is 5.70. The second-order valence-corrected chi connectivity index (χ2v) is 7.78. The predicted octanol–water partition coefficient (Wildman–Crippen LogP) is 5.00. The third-order valence-electron chi connectivity index (χ3n) is 5.31. The van der Waals surface area contributed by atoms with Crippen LogP contribution in [0.4, 0.5) is 0 Å². The predicted molar refractivity (Wildman–Crippen MR) is 134 cm³/mol. The Hall–Kier alpha value is -4.09. The lowest BCUT2D eigenvalue weighted by Gasteiger charge is -2.16. The number of nitrogens with two attached hydrogens (primary N) is 2. The second-order valence-electron chi connectivity index (χ2n) is 7.78. The lowest BCUT2D eigenvalue weighted by molar-refractivity contribution is 0.323. The summed E-state index contributed by atoms with van der Waals surface area (Å²) in [5.74, 6) is 7.03. The van der Waals surface area contributed by atoms with Gasteiger partial charge in [-0.15, -0.1) is 0 Å². The molecule has 0 aliphatic carbocycles. The first-order valence-electron chi connectivity index (χ1n) is 10.9. The number of nitrogens with zero attached hydrogens (tertiary/aromatic N) is 2. The number of hydrogen-bond acceptors (Lipinski definition) is 5. The molecule has 0 spiro atoms. The maximum Gasteiger partial charge on any atom is 0.127 e. The van der Waals surface area contributed by atoms with Crippen LogP contribution in [0.1, 0.15) is 16.7 Å². The molecule has 0 saturated carbocycles. The Kier molecular flexibility index (Phi) is 7.36. The van der Waals surface area contributed by atoms with Crippen LogP contribution in [0.25, 0.3) is 16.8 Å². The lowest BCUT2D eigenvalue weighted by atomic mass is 10.0. The van der Waals surface area contributed by atoms with Gasteiger partial charge in [0.25, 0.3) is 0 Å². The van der Waals surface area contributed by atoms with Gasteiger partial charge in [-0.25, -0.2) is 5.84 Å². The second kappa shape index (κ2) is 11.0. The minimum absolute atomic E-state index is 0.558. The first kappa shape index (κ1) is 22.1. The van der Waals surface area contributed by atoms with Crippen LogP contribution >= 0.6 is 0 Å². The number of rotatable bonds is 9. The quantitative estimate of drug-likeness (QED) is 0.285. The van der Waals surface area contributed by atoms with Crippen molar-refractivity contribution < 1.29 is 4.74 Å². The number of benzene rings is 3. The van der Waals surface area contributed by atoms with Gasteiger partial charge < -0.3 is 15.5 Å². The molecule has 5 nitrogen and oxygen atoms in total. The fourth-order valence-corrected chi connectivity index (χ4v) is 3.58. The molecule has 0 unspecified atom stereocenters. The molecule has 0 atom stereocenters. The minimum Gasteiger partial charge on any atom is -0.493 e. The molecule has 5 heteroatoms. The summed E-state index contributed by atoms with van der Waals surface area (Å²) < 4.78 is 6.12. The van der Waals surface area contributed by atoms with Gasteiger partial charge in [-0.05, 0) is 34.9 Å². The van der Waals surface area contributed by atoms with Gasteiger partial charge >= 0.3 is 0 Å². The van der Waals surface area contributed by atoms with Crippen LogP contribution in [0.15, 0.2) is 110 Å². The van der Waals surface area contributed by atoms with Crippen molar-refractivity contribution in [3.63, 3.8) is 0 Å². The Balaban J connectivity index is 1.31. The molecular weight excluding hydrogens is 408 g/mol. The van der Waals surface area contributed by atoms with E-state index in [1.807, 2.05) is 48.5 Å². The van der Waals surface area contributed by atoms with Crippen molar-refractivity contribution in [3.05, 3.63) is 126 Å². The van der Waals surface area contributed by atoms with E-state index >= 15 is 0 Å². The fourth-order valence-electron chi connectivity index (χ4n) is 3.58. The average Bonchev–Trinajstić information content (AvgIpc) is 2.86. The number of aromatic nitrogens is 1. The van der Waals surface area contributed by atoms with Crippen molar-refractivity contribution >= 4 is 5.70 Å². The Labute approximate surface area is 194 Å². The zero-order valence-corrected chi connectivity index (χ0v) is 18.5. The van der Waals surface area contributed by atoms with Gasteiger partial charge in [0.05, 0.1) is 18.8 Å². The smallest absolute Gasteiger partial charge is 0.127 e. The maximum atomic E-state index is 6.13. The highest BCUT2D eigenvalue weighted by atomic mass is 16.5. The molecule has 0 bridgehead atoms. The third kappa shape index (κ3) is 6.21. The van der Waals surface area contributed by atoms with E-state index in [2.05, 4.69) is 47.4 Å². The summed E-state index contributed by atoms with van der Waals surface area (Å²) in [5, 5.41) is 1.58. The first-order chi connectivity index (χ1) is 16.2. The molecule has 0 aliphatic rings. The largest absolute Gasteiger partial charge is 0.493 e. The molecule has 0 fully saturated rings. The van der Waals surface area contributed by atoms with E-state index in [0.717, 1.165) is 34.4 Å². The standard InChI is InChI=1S/C28H28N4O/c29-27(25-9-6-17-31-19-25)21-32(30)20-23-14-12-22(13-15-23)16-18-33-28-11-5-4-10-26(28)24-7-2-1-3-8-24/h1-15,17,19,21H,16,18,20,29-30H2/b27-21-. The van der Waals surface area contributed by atoms with E-state index < -0.39 is 0 Å². The Bertz CT molecular complexity index is 1180. The van der Waals surface area contributed by atoms with E-state index in [0.29, 0.717) is 18.8 Å². The summed E-state index contributed by atoms with van der Waals surface area (Å²) in [7, 11) is 0. The van der Waals surface area contributed by atoms with Gasteiger partial charge in [0.1, 0.15) is 5.75 Å². The summed E-state index contributed by atoms with van der Waals surface area (Å²) in [4.78, 5) is 4.08. The van der Waals surface area contributed by atoms with Crippen LogP contribution in [0.5, 0.6) is 5.75 Å². The maximum absolute atomic E-state index is 6.13. The average molecular weight is 437 g/mol. The third-order valence-corrected chi connectivity index (χ3v) is 5.31. The number of ether oxygens (including phenoxy) is 1. The monoisotopic (exact) mass is 436 g/mol. The molecule has 4 rings (SSSR count). The van der Waals surface area contributed by atoms with Crippen molar-refractivity contribution in [1.29, 1.82) is 0 Å². The van der Waals surface area contributed by atoms with Crippen LogP contribution in [0.2, 0.25) is 0 Å².